The van der Waals surface area contributed by atoms with Gasteiger partial charge in [-0.3, -0.25) is 9.36 Å². The largest absolute Gasteiger partial charge is 0.378 e. The van der Waals surface area contributed by atoms with Gasteiger partial charge in [-0.05, 0) is 23.8 Å². The van der Waals surface area contributed by atoms with Crippen LogP contribution in [0.5, 0.6) is 0 Å². The van der Waals surface area contributed by atoms with Crippen molar-refractivity contribution in [3.63, 3.8) is 0 Å². The molecular formula is C22H24FN5O2S. The zero-order valence-corrected chi connectivity index (χ0v) is 18.1. The van der Waals surface area contributed by atoms with E-state index in [0.717, 1.165) is 5.56 Å². The van der Waals surface area contributed by atoms with Crippen LogP contribution in [-0.2, 0) is 16.1 Å². The Labute approximate surface area is 184 Å². The number of ether oxygens (including phenoxy) is 1. The van der Waals surface area contributed by atoms with Crippen LogP contribution in [0, 0.1) is 5.82 Å². The molecule has 4 rings (SSSR count). The first kappa shape index (κ1) is 21.3. The van der Waals surface area contributed by atoms with Crippen molar-refractivity contribution in [2.75, 3.05) is 44.0 Å². The molecule has 31 heavy (non-hydrogen) atoms. The molecule has 0 bridgehead atoms. The number of anilines is 1. The highest BCUT2D eigenvalue weighted by Gasteiger charge is 2.23. The van der Waals surface area contributed by atoms with E-state index in [4.69, 9.17) is 4.74 Å². The molecule has 0 saturated carbocycles. The molecule has 3 aromatic rings. The first-order valence-electron chi connectivity index (χ1n) is 10.1. The molecule has 1 saturated heterocycles. The average Bonchev–Trinajstić information content (AvgIpc) is 3.22. The van der Waals surface area contributed by atoms with Gasteiger partial charge in [-0.1, -0.05) is 48.2 Å². The number of benzene rings is 2. The minimum absolute atomic E-state index is 0.0180. The van der Waals surface area contributed by atoms with Crippen molar-refractivity contribution in [2.45, 2.75) is 11.7 Å². The van der Waals surface area contributed by atoms with Crippen molar-refractivity contribution in [1.82, 2.24) is 19.7 Å². The summed E-state index contributed by atoms with van der Waals surface area (Å²) in [5.41, 5.74) is 1.69. The number of nitrogens with zero attached hydrogens (tertiary/aromatic N) is 5. The molecule has 0 unspecified atom stereocenters. The molecule has 1 aliphatic heterocycles. The van der Waals surface area contributed by atoms with E-state index in [1.807, 2.05) is 41.0 Å². The summed E-state index contributed by atoms with van der Waals surface area (Å²) in [5.74, 6) is 0.477. The van der Waals surface area contributed by atoms with Gasteiger partial charge in [0.25, 0.3) is 0 Å². The second kappa shape index (κ2) is 9.93. The van der Waals surface area contributed by atoms with Gasteiger partial charge in [0.1, 0.15) is 5.82 Å². The molecule has 1 fully saturated rings. The maximum Gasteiger partial charge on any atom is 0.233 e. The zero-order chi connectivity index (χ0) is 21.6. The SMILES string of the molecule is CN(Cc1ccccc1)C(=O)CSc1nnc(N2CCOCC2)n1-c1cccc(F)c1. The molecule has 1 aromatic heterocycles. The number of halogens is 1. The normalized spacial score (nSPS) is 13.9. The third kappa shape index (κ3) is 5.23. The van der Waals surface area contributed by atoms with Crippen molar-refractivity contribution < 1.29 is 13.9 Å². The van der Waals surface area contributed by atoms with Crippen molar-refractivity contribution in [1.29, 1.82) is 0 Å². The van der Waals surface area contributed by atoms with Crippen LogP contribution in [0.2, 0.25) is 0 Å². The number of thioether (sulfide) groups is 1. The number of carbonyl (C=O) groups is 1. The number of hydrogen-bond donors (Lipinski definition) is 0. The van der Waals surface area contributed by atoms with Crippen molar-refractivity contribution in [3.05, 3.63) is 66.0 Å². The predicted molar refractivity (Wildman–Crippen MR) is 118 cm³/mol. The average molecular weight is 442 g/mol. The molecule has 2 aromatic carbocycles. The highest BCUT2D eigenvalue weighted by molar-refractivity contribution is 7.99. The van der Waals surface area contributed by atoms with Crippen LogP contribution < -0.4 is 4.90 Å². The summed E-state index contributed by atoms with van der Waals surface area (Å²) in [6.45, 7) is 3.09. The van der Waals surface area contributed by atoms with Crippen LogP contribution in [0.1, 0.15) is 5.56 Å². The van der Waals surface area contributed by atoms with Gasteiger partial charge in [0.2, 0.25) is 11.9 Å². The summed E-state index contributed by atoms with van der Waals surface area (Å²) in [4.78, 5) is 16.4. The van der Waals surface area contributed by atoms with Gasteiger partial charge < -0.3 is 14.5 Å². The van der Waals surface area contributed by atoms with Gasteiger partial charge in [0.05, 0.1) is 24.7 Å². The van der Waals surface area contributed by atoms with E-state index in [9.17, 15) is 9.18 Å². The van der Waals surface area contributed by atoms with Gasteiger partial charge in [-0.2, -0.15) is 0 Å². The summed E-state index contributed by atoms with van der Waals surface area (Å²) >= 11 is 1.30. The lowest BCUT2D eigenvalue weighted by molar-refractivity contribution is -0.127. The van der Waals surface area contributed by atoms with Crippen LogP contribution >= 0.6 is 11.8 Å². The standard InChI is InChI=1S/C22H24FN5O2S/c1-26(15-17-6-3-2-4-7-17)20(29)16-31-22-25-24-21(27-10-12-30-13-11-27)28(22)19-9-5-8-18(23)14-19/h2-9,14H,10-13,15-16H2,1H3. The fourth-order valence-electron chi connectivity index (χ4n) is 3.35. The Balaban J connectivity index is 1.52. The number of aromatic nitrogens is 3. The van der Waals surface area contributed by atoms with Crippen LogP contribution in [0.3, 0.4) is 0 Å². The molecular weight excluding hydrogens is 417 g/mol. The lowest BCUT2D eigenvalue weighted by Crippen LogP contribution is -2.37. The van der Waals surface area contributed by atoms with E-state index in [0.29, 0.717) is 49.6 Å². The summed E-state index contributed by atoms with van der Waals surface area (Å²) in [7, 11) is 1.78. The molecule has 1 aliphatic rings. The van der Waals surface area contributed by atoms with Gasteiger partial charge in [0, 0.05) is 26.7 Å². The molecule has 2 heterocycles. The summed E-state index contributed by atoms with van der Waals surface area (Å²) in [6, 6.07) is 16.2. The van der Waals surface area contributed by atoms with E-state index in [1.54, 1.807) is 18.0 Å². The van der Waals surface area contributed by atoms with Crippen LogP contribution in [-0.4, -0.2) is 64.7 Å². The van der Waals surface area contributed by atoms with Gasteiger partial charge in [0.15, 0.2) is 5.16 Å². The Morgan fingerprint density at radius 1 is 1.13 bits per heavy atom. The summed E-state index contributed by atoms with van der Waals surface area (Å²) in [5, 5.41) is 9.21. The van der Waals surface area contributed by atoms with Gasteiger partial charge in [-0.25, -0.2) is 4.39 Å². The number of hydrogen-bond acceptors (Lipinski definition) is 6. The fraction of sp³-hybridized carbons (Fsp3) is 0.318. The number of carbonyl (C=O) groups excluding carboxylic acids is 1. The third-order valence-corrected chi connectivity index (χ3v) is 5.90. The van der Waals surface area contributed by atoms with E-state index < -0.39 is 0 Å². The Hall–Kier alpha value is -2.91. The smallest absolute Gasteiger partial charge is 0.233 e. The monoisotopic (exact) mass is 441 g/mol. The molecule has 1 amide bonds. The van der Waals surface area contributed by atoms with E-state index in [2.05, 4.69) is 15.1 Å². The number of rotatable bonds is 7. The number of morpholine rings is 1. The molecule has 0 atom stereocenters. The first-order chi connectivity index (χ1) is 15.1. The van der Waals surface area contributed by atoms with Crippen LogP contribution in [0.15, 0.2) is 59.8 Å². The predicted octanol–water partition coefficient (Wildman–Crippen LogP) is 2.99. The quantitative estimate of drug-likeness (QED) is 0.526. The number of amides is 1. The third-order valence-electron chi connectivity index (χ3n) is 4.99. The van der Waals surface area contributed by atoms with Gasteiger partial charge >= 0.3 is 0 Å². The first-order valence-corrected chi connectivity index (χ1v) is 11.0. The second-order valence-corrected chi connectivity index (χ2v) is 8.16. The molecule has 7 nitrogen and oxygen atoms in total. The van der Waals surface area contributed by atoms with E-state index in [-0.39, 0.29) is 17.5 Å². The van der Waals surface area contributed by atoms with Crippen LogP contribution in [0.25, 0.3) is 5.69 Å². The Bertz CT molecular complexity index is 1020. The Morgan fingerprint density at radius 2 is 1.90 bits per heavy atom. The highest BCUT2D eigenvalue weighted by atomic mass is 32.2. The fourth-order valence-corrected chi connectivity index (χ4v) is 4.23. The van der Waals surface area contributed by atoms with E-state index >= 15 is 0 Å². The van der Waals surface area contributed by atoms with Crippen molar-refractivity contribution in [2.24, 2.45) is 0 Å². The topological polar surface area (TPSA) is 63.5 Å². The second-order valence-electron chi connectivity index (χ2n) is 7.22. The Morgan fingerprint density at radius 3 is 2.65 bits per heavy atom. The minimum atomic E-state index is -0.339. The van der Waals surface area contributed by atoms with Gasteiger partial charge in [-0.15, -0.1) is 10.2 Å². The highest BCUT2D eigenvalue weighted by Crippen LogP contribution is 2.27. The van der Waals surface area contributed by atoms with Crippen molar-refractivity contribution in [3.8, 4) is 5.69 Å². The Kier molecular flexibility index (Phi) is 6.83. The molecule has 9 heteroatoms. The molecule has 162 valence electrons. The molecule has 0 spiro atoms. The molecule has 0 radical (unpaired) electrons. The zero-order valence-electron chi connectivity index (χ0n) is 17.3. The lowest BCUT2D eigenvalue weighted by Gasteiger charge is -2.28. The maximum atomic E-state index is 13.9. The van der Waals surface area contributed by atoms with Crippen LogP contribution in [0.4, 0.5) is 10.3 Å². The summed E-state index contributed by atoms with van der Waals surface area (Å²) in [6.07, 6.45) is 0. The minimum Gasteiger partial charge on any atom is -0.378 e. The maximum absolute atomic E-state index is 13.9. The van der Waals surface area contributed by atoms with E-state index in [1.165, 1.54) is 23.9 Å². The van der Waals surface area contributed by atoms with Crippen molar-refractivity contribution >= 4 is 23.6 Å². The lowest BCUT2D eigenvalue weighted by atomic mass is 10.2. The summed E-state index contributed by atoms with van der Waals surface area (Å²) < 4.78 is 21.2. The molecule has 0 aliphatic carbocycles. The molecule has 0 N–H and O–H groups in total.